The predicted octanol–water partition coefficient (Wildman–Crippen LogP) is 2.73. The van der Waals surface area contributed by atoms with Gasteiger partial charge in [0.25, 0.3) is 0 Å². The van der Waals surface area contributed by atoms with E-state index in [0.717, 1.165) is 16.9 Å². The summed E-state index contributed by atoms with van der Waals surface area (Å²) < 4.78 is 24.2. The second-order valence-electron chi connectivity index (χ2n) is 6.59. The van der Waals surface area contributed by atoms with Crippen molar-refractivity contribution in [3.8, 4) is 11.5 Å². The number of carbonyl (C=O) groups is 1. The minimum absolute atomic E-state index is 0.192. The first-order valence-electron chi connectivity index (χ1n) is 8.87. The molecule has 2 heterocycles. The van der Waals surface area contributed by atoms with E-state index in [4.69, 9.17) is 9.47 Å². The number of hydrogen-bond donors (Lipinski definition) is 2. The number of nitrogens with zero attached hydrogens (tertiary/aromatic N) is 2. The summed E-state index contributed by atoms with van der Waals surface area (Å²) in [5.74, 6) is 1.33. The maximum absolute atomic E-state index is 13.3. The smallest absolute Gasteiger partial charge is 0.248 e. The molecule has 0 bridgehead atoms. The quantitative estimate of drug-likeness (QED) is 0.708. The van der Waals surface area contributed by atoms with Crippen LogP contribution in [-0.2, 0) is 17.6 Å². The zero-order valence-corrected chi connectivity index (χ0v) is 15.2. The maximum Gasteiger partial charge on any atom is 0.248 e. The Morgan fingerprint density at radius 1 is 1.36 bits per heavy atom. The summed E-state index contributed by atoms with van der Waals surface area (Å²) in [6.45, 7) is 0.270. The van der Waals surface area contributed by atoms with Crippen LogP contribution in [0.3, 0.4) is 0 Å². The molecule has 0 spiro atoms. The topological polar surface area (TPSA) is 89.1 Å². The van der Waals surface area contributed by atoms with Gasteiger partial charge in [0.05, 0.1) is 13.0 Å². The molecule has 1 atom stereocenters. The van der Waals surface area contributed by atoms with Crippen LogP contribution < -0.4 is 14.8 Å². The van der Waals surface area contributed by atoms with Gasteiger partial charge in [-0.15, -0.1) is 5.10 Å². The second kappa shape index (κ2) is 7.67. The summed E-state index contributed by atoms with van der Waals surface area (Å²) in [5.41, 5.74) is 1.72. The van der Waals surface area contributed by atoms with Crippen LogP contribution >= 0.6 is 0 Å². The summed E-state index contributed by atoms with van der Waals surface area (Å²) in [4.78, 5) is 16.8. The van der Waals surface area contributed by atoms with E-state index < -0.39 is 0 Å². The Morgan fingerprint density at radius 2 is 2.25 bits per heavy atom. The van der Waals surface area contributed by atoms with E-state index in [1.54, 1.807) is 19.2 Å². The van der Waals surface area contributed by atoms with Crippen LogP contribution in [-0.4, -0.2) is 34.8 Å². The lowest BCUT2D eigenvalue weighted by Gasteiger charge is -2.24. The van der Waals surface area contributed by atoms with Gasteiger partial charge in [-0.25, -0.2) is 4.39 Å². The van der Waals surface area contributed by atoms with Crippen molar-refractivity contribution in [1.29, 1.82) is 0 Å². The number of rotatable bonds is 5. The molecule has 2 aromatic carbocycles. The summed E-state index contributed by atoms with van der Waals surface area (Å²) in [6.07, 6.45) is 0.952. The first kappa shape index (κ1) is 18.0. The van der Waals surface area contributed by atoms with Crippen LogP contribution in [0.15, 0.2) is 42.5 Å². The van der Waals surface area contributed by atoms with Crippen molar-refractivity contribution in [2.24, 2.45) is 5.92 Å². The number of carbonyl (C=O) groups excluding carboxylic acids is 1. The average Bonchev–Trinajstić information content (AvgIpc) is 3.13. The molecule has 144 valence electrons. The fourth-order valence-electron chi connectivity index (χ4n) is 3.13. The Labute approximate surface area is 160 Å². The molecule has 1 amide bonds. The summed E-state index contributed by atoms with van der Waals surface area (Å²) in [5, 5.41) is 9.50. The number of aromatic nitrogens is 3. The molecule has 0 aliphatic carbocycles. The van der Waals surface area contributed by atoms with Gasteiger partial charge in [0.2, 0.25) is 11.9 Å². The van der Waals surface area contributed by atoms with Crippen molar-refractivity contribution >= 4 is 11.9 Å². The largest absolute Gasteiger partial charge is 0.497 e. The Morgan fingerprint density at radius 3 is 3.07 bits per heavy atom. The first-order chi connectivity index (χ1) is 13.6. The van der Waals surface area contributed by atoms with Crippen molar-refractivity contribution in [3.63, 3.8) is 0 Å². The van der Waals surface area contributed by atoms with Gasteiger partial charge in [0.1, 0.15) is 29.7 Å². The number of methoxy groups -OCH3 is 1. The van der Waals surface area contributed by atoms with E-state index in [2.05, 4.69) is 20.5 Å². The lowest BCUT2D eigenvalue weighted by atomic mass is 9.96. The van der Waals surface area contributed by atoms with Crippen LogP contribution in [0.25, 0.3) is 0 Å². The number of benzene rings is 2. The van der Waals surface area contributed by atoms with Crippen LogP contribution in [0, 0.1) is 11.7 Å². The fourth-order valence-corrected chi connectivity index (χ4v) is 3.13. The average molecular weight is 382 g/mol. The van der Waals surface area contributed by atoms with Crippen molar-refractivity contribution < 1.29 is 18.7 Å². The van der Waals surface area contributed by atoms with Gasteiger partial charge in [-0.05, 0) is 35.7 Å². The Kier molecular flexibility index (Phi) is 4.92. The number of nitrogens with one attached hydrogen (secondary N) is 2. The van der Waals surface area contributed by atoms with E-state index in [0.29, 0.717) is 24.4 Å². The molecular weight excluding hydrogens is 363 g/mol. The molecule has 0 radical (unpaired) electrons. The highest BCUT2D eigenvalue weighted by Crippen LogP contribution is 2.31. The number of fused-ring (bicyclic) bond motifs is 1. The van der Waals surface area contributed by atoms with Gasteiger partial charge in [-0.1, -0.05) is 18.2 Å². The second-order valence-corrected chi connectivity index (χ2v) is 6.59. The summed E-state index contributed by atoms with van der Waals surface area (Å²) >= 11 is 0. The molecule has 0 saturated heterocycles. The fraction of sp³-hybridized carbons (Fsp3) is 0.250. The molecule has 4 rings (SSSR count). The number of amides is 1. The van der Waals surface area contributed by atoms with Crippen LogP contribution in [0.4, 0.5) is 10.3 Å². The standard InChI is InChI=1S/C20H19FN4O3/c1-27-16-6-5-13-9-14(11-28-17(13)10-16)19(26)23-20-22-18(24-25-20)8-12-3-2-4-15(21)7-12/h2-7,10,14H,8-9,11H2,1H3,(H2,22,23,24,25,26). The van der Waals surface area contributed by atoms with E-state index in [1.165, 1.54) is 12.1 Å². The normalized spacial score (nSPS) is 15.4. The number of halogens is 1. The van der Waals surface area contributed by atoms with Crippen LogP contribution in [0.5, 0.6) is 11.5 Å². The molecule has 2 N–H and O–H groups in total. The zero-order valence-electron chi connectivity index (χ0n) is 15.2. The first-order valence-corrected chi connectivity index (χ1v) is 8.87. The zero-order chi connectivity index (χ0) is 19.5. The van der Waals surface area contributed by atoms with E-state index in [9.17, 15) is 9.18 Å². The summed E-state index contributed by atoms with van der Waals surface area (Å²) in [6, 6.07) is 11.8. The molecule has 0 saturated carbocycles. The molecular formula is C20H19FN4O3. The third kappa shape index (κ3) is 3.95. The van der Waals surface area contributed by atoms with Crippen molar-refractivity contribution in [2.75, 3.05) is 19.0 Å². The van der Waals surface area contributed by atoms with Gasteiger partial charge >= 0.3 is 0 Å². The van der Waals surface area contributed by atoms with Crippen LogP contribution in [0.1, 0.15) is 17.0 Å². The van der Waals surface area contributed by atoms with Gasteiger partial charge in [0, 0.05) is 12.5 Å². The highest BCUT2D eigenvalue weighted by atomic mass is 19.1. The Bertz CT molecular complexity index is 1000. The molecule has 7 nitrogen and oxygen atoms in total. The van der Waals surface area contributed by atoms with E-state index in [1.807, 2.05) is 18.2 Å². The van der Waals surface area contributed by atoms with Crippen molar-refractivity contribution in [1.82, 2.24) is 15.2 Å². The summed E-state index contributed by atoms with van der Waals surface area (Å²) in [7, 11) is 1.60. The molecule has 1 aliphatic rings. The number of H-pyrrole nitrogens is 1. The number of hydrogen-bond acceptors (Lipinski definition) is 5. The predicted molar refractivity (Wildman–Crippen MR) is 99.9 cm³/mol. The molecule has 1 aromatic heterocycles. The minimum Gasteiger partial charge on any atom is -0.497 e. The SMILES string of the molecule is COc1ccc2c(c1)OCC(C(=O)Nc1n[nH]c(Cc3cccc(F)c3)n1)C2. The monoisotopic (exact) mass is 382 g/mol. The highest BCUT2D eigenvalue weighted by Gasteiger charge is 2.27. The molecule has 3 aromatic rings. The lowest BCUT2D eigenvalue weighted by Crippen LogP contribution is -2.32. The Balaban J connectivity index is 1.38. The van der Waals surface area contributed by atoms with Gasteiger partial charge in [-0.2, -0.15) is 4.98 Å². The highest BCUT2D eigenvalue weighted by molar-refractivity contribution is 5.91. The van der Waals surface area contributed by atoms with Crippen molar-refractivity contribution in [3.05, 3.63) is 65.2 Å². The van der Waals surface area contributed by atoms with Gasteiger partial charge in [0.15, 0.2) is 0 Å². The van der Waals surface area contributed by atoms with Crippen molar-refractivity contribution in [2.45, 2.75) is 12.8 Å². The number of ether oxygens (including phenoxy) is 2. The molecule has 1 aliphatic heterocycles. The molecule has 28 heavy (non-hydrogen) atoms. The van der Waals surface area contributed by atoms with Gasteiger partial charge in [-0.3, -0.25) is 15.2 Å². The van der Waals surface area contributed by atoms with E-state index in [-0.39, 0.29) is 30.2 Å². The minimum atomic E-state index is -0.342. The molecule has 1 unspecified atom stereocenters. The van der Waals surface area contributed by atoms with Crippen LogP contribution in [0.2, 0.25) is 0 Å². The lowest BCUT2D eigenvalue weighted by molar-refractivity contribution is -0.121. The number of anilines is 1. The van der Waals surface area contributed by atoms with Gasteiger partial charge < -0.3 is 9.47 Å². The third-order valence-electron chi connectivity index (χ3n) is 4.58. The maximum atomic E-state index is 13.3. The molecule has 8 heteroatoms. The van der Waals surface area contributed by atoms with E-state index >= 15 is 0 Å². The molecule has 0 fully saturated rings. The Hall–Kier alpha value is -3.42. The third-order valence-corrected chi connectivity index (χ3v) is 4.58. The number of aromatic amines is 1.